The number of carbonyl (C=O) groups is 1. The second-order valence-corrected chi connectivity index (χ2v) is 8.84. The van der Waals surface area contributed by atoms with Gasteiger partial charge in [-0.25, -0.2) is 17.3 Å². The van der Waals surface area contributed by atoms with Gasteiger partial charge in [0, 0.05) is 0 Å². The number of carbonyl (C=O) groups excluding carboxylic acids is 1. The molecule has 1 N–H and O–H groups in total. The van der Waals surface area contributed by atoms with Crippen LogP contribution in [0.4, 0.5) is 4.79 Å². The summed E-state index contributed by atoms with van der Waals surface area (Å²) in [5, 5.41) is 2.91. The van der Waals surface area contributed by atoms with Crippen molar-refractivity contribution in [2.24, 2.45) is 5.92 Å². The van der Waals surface area contributed by atoms with E-state index in [1.165, 1.54) is 0 Å². The molecule has 0 aromatic carbocycles. The van der Waals surface area contributed by atoms with E-state index in [4.69, 9.17) is 14.0 Å². The number of amides is 1. The number of hydrogen-bond acceptors (Lipinski definition) is 4. The molecule has 2 rings (SSSR count). The average Bonchev–Trinajstić information content (AvgIpc) is 2.55. The van der Waals surface area contributed by atoms with Crippen molar-refractivity contribution in [1.29, 1.82) is 0 Å². The predicted octanol–water partition coefficient (Wildman–Crippen LogP) is 0.686. The van der Waals surface area contributed by atoms with Crippen LogP contribution in [-0.4, -0.2) is 36.1 Å². The zero-order chi connectivity index (χ0) is 18.3. The number of allylic oxidation sites excluding steroid dienone is 1. The van der Waals surface area contributed by atoms with Gasteiger partial charge in [-0.1, -0.05) is 19.3 Å². The minimum Gasteiger partial charge on any atom is -0.444 e. The SMILES string of the molecule is CC1CC(NC(=O)OC(C)(C)C)[CH-]C=C1B1OC(C)(C)C(C)(C)O1.[Rb+]. The zero-order valence-corrected chi connectivity index (χ0v) is 22.1. The van der Waals surface area contributed by atoms with Crippen molar-refractivity contribution in [1.82, 2.24) is 5.32 Å². The molecular weight excluding hydrogens is 390 g/mol. The molecular formula is C18H31BNO4Rb. The van der Waals surface area contributed by atoms with Crippen molar-refractivity contribution in [3.63, 3.8) is 0 Å². The van der Waals surface area contributed by atoms with E-state index in [-0.39, 0.29) is 94.6 Å². The monoisotopic (exact) mass is 421 g/mol. The van der Waals surface area contributed by atoms with Crippen LogP contribution in [0.5, 0.6) is 0 Å². The van der Waals surface area contributed by atoms with Gasteiger partial charge in [0.15, 0.2) is 0 Å². The molecule has 2 aliphatic rings. The predicted molar refractivity (Wildman–Crippen MR) is 95.4 cm³/mol. The number of nitrogens with one attached hydrogen (secondary N) is 1. The summed E-state index contributed by atoms with van der Waals surface area (Å²) in [7, 11) is -0.330. The number of rotatable bonds is 2. The maximum Gasteiger partial charge on any atom is 1.00 e. The summed E-state index contributed by atoms with van der Waals surface area (Å²) in [5.74, 6) is 0.254. The Labute approximate surface area is 201 Å². The molecule has 7 heteroatoms. The van der Waals surface area contributed by atoms with Crippen LogP contribution in [0.1, 0.15) is 61.8 Å². The minimum atomic E-state index is -0.492. The van der Waals surface area contributed by atoms with Crippen molar-refractivity contribution in [3.8, 4) is 0 Å². The van der Waals surface area contributed by atoms with Crippen LogP contribution < -0.4 is 63.5 Å². The quantitative estimate of drug-likeness (QED) is 0.526. The van der Waals surface area contributed by atoms with Crippen LogP contribution in [0.3, 0.4) is 0 Å². The summed E-state index contributed by atoms with van der Waals surface area (Å²) in [5.41, 5.74) is -0.0576. The van der Waals surface area contributed by atoms with Crippen molar-refractivity contribution in [3.05, 3.63) is 18.0 Å². The van der Waals surface area contributed by atoms with Gasteiger partial charge in [-0.15, -0.1) is 0 Å². The summed E-state index contributed by atoms with van der Waals surface area (Å²) in [6.45, 7) is 15.9. The first kappa shape index (κ1) is 23.7. The van der Waals surface area contributed by atoms with Crippen molar-refractivity contribution >= 4 is 13.2 Å². The average molecular weight is 422 g/mol. The topological polar surface area (TPSA) is 56.8 Å². The van der Waals surface area contributed by atoms with Gasteiger partial charge >= 0.3 is 71.4 Å². The van der Waals surface area contributed by atoms with Crippen LogP contribution in [0.15, 0.2) is 11.5 Å². The standard InChI is InChI=1S/C18H31BNO4.Rb/c1-12-11-13(20-15(21)22-16(2,3)4)9-10-14(12)19-23-17(5,6)18(7,8)24-19;/h9-10,12-13H,11H2,1-8H3,(H,20,21);/q-1;+1. The number of alkyl carbamates (subject to hydrolysis) is 1. The Morgan fingerprint density at radius 1 is 1.28 bits per heavy atom. The Kier molecular flexibility index (Phi) is 7.92. The molecule has 1 amide bonds. The van der Waals surface area contributed by atoms with Crippen LogP contribution in [0.2, 0.25) is 0 Å². The molecule has 0 radical (unpaired) electrons. The third-order valence-corrected chi connectivity index (χ3v) is 4.93. The van der Waals surface area contributed by atoms with Gasteiger partial charge < -0.3 is 19.4 Å². The van der Waals surface area contributed by atoms with Crippen molar-refractivity contribution in [2.75, 3.05) is 0 Å². The Hall–Kier alpha value is 0.670. The summed E-state index contributed by atoms with van der Waals surface area (Å²) < 4.78 is 17.6. The molecule has 0 aromatic rings. The molecule has 1 aliphatic heterocycles. The van der Waals surface area contributed by atoms with Gasteiger partial charge in [0.05, 0.1) is 11.2 Å². The summed E-state index contributed by atoms with van der Waals surface area (Å²) in [6, 6.07) is -0.0407. The molecule has 1 aliphatic carbocycles. The molecule has 5 nitrogen and oxygen atoms in total. The molecule has 1 saturated heterocycles. The second-order valence-electron chi connectivity index (χ2n) is 8.84. The third kappa shape index (κ3) is 6.08. The van der Waals surface area contributed by atoms with E-state index >= 15 is 0 Å². The maximum atomic E-state index is 11.9. The Morgan fingerprint density at radius 2 is 1.80 bits per heavy atom. The first-order valence-electron chi connectivity index (χ1n) is 8.71. The van der Waals surface area contributed by atoms with E-state index in [1.54, 1.807) is 0 Å². The first-order valence-corrected chi connectivity index (χ1v) is 8.71. The molecule has 0 spiro atoms. The maximum absolute atomic E-state index is 11.9. The van der Waals surface area contributed by atoms with Crippen LogP contribution in [0.25, 0.3) is 0 Å². The largest absolute Gasteiger partial charge is 1.00 e. The minimum absolute atomic E-state index is 0. The van der Waals surface area contributed by atoms with Crippen LogP contribution >= 0.6 is 0 Å². The van der Waals surface area contributed by atoms with Crippen molar-refractivity contribution < 1.29 is 77.0 Å². The molecule has 0 aromatic heterocycles. The van der Waals surface area contributed by atoms with E-state index in [1.807, 2.05) is 33.3 Å². The van der Waals surface area contributed by atoms with Gasteiger partial charge in [0.1, 0.15) is 5.60 Å². The molecule has 2 atom stereocenters. The fraction of sp³-hybridized carbons (Fsp3) is 0.778. The second kappa shape index (κ2) is 8.36. The molecule has 1 fully saturated rings. The molecule has 25 heavy (non-hydrogen) atoms. The van der Waals surface area contributed by atoms with E-state index in [9.17, 15) is 4.79 Å². The molecule has 0 bridgehead atoms. The third-order valence-electron chi connectivity index (χ3n) is 4.93. The normalized spacial score (nSPS) is 27.7. The molecule has 1 heterocycles. The van der Waals surface area contributed by atoms with E-state index in [0.29, 0.717) is 0 Å². The number of ether oxygens (including phenoxy) is 1. The van der Waals surface area contributed by atoms with E-state index in [0.717, 1.165) is 11.9 Å². The van der Waals surface area contributed by atoms with Gasteiger partial charge in [-0.05, 0) is 54.5 Å². The first-order chi connectivity index (χ1) is 10.8. The summed E-state index contributed by atoms with van der Waals surface area (Å²) in [6.07, 6.45) is 4.43. The van der Waals surface area contributed by atoms with Gasteiger partial charge in [-0.3, -0.25) is 0 Å². The Morgan fingerprint density at radius 3 is 2.24 bits per heavy atom. The Balaban J connectivity index is 0.00000312. The summed E-state index contributed by atoms with van der Waals surface area (Å²) >= 11 is 0. The summed E-state index contributed by atoms with van der Waals surface area (Å²) in [4.78, 5) is 11.9. The molecule has 136 valence electrons. The van der Waals surface area contributed by atoms with Crippen LogP contribution in [0, 0.1) is 12.3 Å². The van der Waals surface area contributed by atoms with Crippen LogP contribution in [-0.2, 0) is 14.0 Å². The van der Waals surface area contributed by atoms with Gasteiger partial charge in [-0.2, -0.15) is 5.47 Å². The van der Waals surface area contributed by atoms with Crippen molar-refractivity contribution in [2.45, 2.75) is 84.7 Å². The fourth-order valence-electron chi connectivity index (χ4n) is 2.84. The zero-order valence-electron chi connectivity index (χ0n) is 17.2. The Bertz CT molecular complexity index is 512. The van der Waals surface area contributed by atoms with E-state index in [2.05, 4.69) is 39.9 Å². The molecule has 2 unspecified atom stereocenters. The van der Waals surface area contributed by atoms with E-state index < -0.39 is 5.60 Å². The fourth-order valence-corrected chi connectivity index (χ4v) is 2.84. The molecule has 0 saturated carbocycles. The van der Waals surface area contributed by atoms with Gasteiger partial charge in [0.25, 0.3) is 0 Å². The number of hydrogen-bond donors (Lipinski definition) is 1. The smallest absolute Gasteiger partial charge is 0.444 e. The van der Waals surface area contributed by atoms with Gasteiger partial charge in [0.2, 0.25) is 0 Å².